The lowest BCUT2D eigenvalue weighted by Gasteiger charge is -2.08. The summed E-state index contributed by atoms with van der Waals surface area (Å²) >= 11 is 0. The van der Waals surface area contributed by atoms with Crippen molar-refractivity contribution < 1.29 is 9.53 Å². The van der Waals surface area contributed by atoms with Crippen molar-refractivity contribution in [2.45, 2.75) is 0 Å². The zero-order chi connectivity index (χ0) is 13.1. The number of benzene rings is 1. The maximum absolute atomic E-state index is 12.2. The molecule has 0 aliphatic rings. The molecule has 2 rings (SSSR count). The molecule has 0 bridgehead atoms. The zero-order valence-corrected chi connectivity index (χ0v) is 9.88. The van der Waals surface area contributed by atoms with Gasteiger partial charge in [-0.1, -0.05) is 0 Å². The Morgan fingerprint density at radius 1 is 1.17 bits per heavy atom. The van der Waals surface area contributed by atoms with E-state index in [-0.39, 0.29) is 5.78 Å². The van der Waals surface area contributed by atoms with Crippen LogP contribution in [0.3, 0.4) is 0 Å². The first-order chi connectivity index (χ1) is 8.63. The van der Waals surface area contributed by atoms with Crippen LogP contribution in [0.25, 0.3) is 0 Å². The van der Waals surface area contributed by atoms with Crippen LogP contribution in [0.5, 0.6) is 5.75 Å². The number of ether oxygens (including phenoxy) is 1. The number of nitrogens with zero attached hydrogens (tertiary/aromatic N) is 1. The molecule has 1 heterocycles. The van der Waals surface area contributed by atoms with Gasteiger partial charge in [-0.3, -0.25) is 9.78 Å². The molecule has 0 saturated heterocycles. The Balaban J connectivity index is 2.44. The third-order valence-electron chi connectivity index (χ3n) is 2.60. The average molecular weight is 243 g/mol. The number of pyridine rings is 1. The minimum atomic E-state index is -0.249. The number of carbonyl (C=O) groups excluding carboxylic acids is 1. The van der Waals surface area contributed by atoms with Gasteiger partial charge >= 0.3 is 0 Å². The van der Waals surface area contributed by atoms with Crippen molar-refractivity contribution in [3.8, 4) is 5.75 Å². The minimum Gasteiger partial charge on any atom is -0.497 e. The maximum Gasteiger partial charge on any atom is 0.198 e. The fourth-order valence-electron chi connectivity index (χ4n) is 1.61. The molecule has 2 aromatic rings. The Morgan fingerprint density at radius 3 is 2.56 bits per heavy atom. The van der Waals surface area contributed by atoms with E-state index in [0.29, 0.717) is 28.3 Å². The lowest BCUT2D eigenvalue weighted by atomic mass is 10.0. The quantitative estimate of drug-likeness (QED) is 0.629. The number of rotatable bonds is 3. The number of methoxy groups -OCH3 is 1. The van der Waals surface area contributed by atoms with Crippen molar-refractivity contribution in [1.82, 2.24) is 4.98 Å². The van der Waals surface area contributed by atoms with Crippen LogP contribution < -0.4 is 16.2 Å². The van der Waals surface area contributed by atoms with Crippen molar-refractivity contribution in [2.24, 2.45) is 0 Å². The average Bonchev–Trinajstić information content (AvgIpc) is 2.38. The summed E-state index contributed by atoms with van der Waals surface area (Å²) in [6.07, 6.45) is 2.96. The van der Waals surface area contributed by atoms with Gasteiger partial charge in [0.1, 0.15) is 5.75 Å². The number of aromatic nitrogens is 1. The fraction of sp³-hybridized carbons (Fsp3) is 0.0769. The molecule has 5 nitrogen and oxygen atoms in total. The molecule has 18 heavy (non-hydrogen) atoms. The first-order valence-corrected chi connectivity index (χ1v) is 5.31. The summed E-state index contributed by atoms with van der Waals surface area (Å²) < 4.78 is 5.03. The Morgan fingerprint density at radius 2 is 1.94 bits per heavy atom. The molecular weight excluding hydrogens is 230 g/mol. The molecule has 92 valence electrons. The lowest BCUT2D eigenvalue weighted by molar-refractivity contribution is 0.104. The van der Waals surface area contributed by atoms with Crippen molar-refractivity contribution in [2.75, 3.05) is 18.6 Å². The molecule has 1 aromatic heterocycles. The second kappa shape index (κ2) is 4.75. The smallest absolute Gasteiger partial charge is 0.198 e. The van der Waals surface area contributed by atoms with Crippen LogP contribution in [0.15, 0.2) is 36.7 Å². The Kier molecular flexibility index (Phi) is 3.14. The van der Waals surface area contributed by atoms with Crippen molar-refractivity contribution in [3.63, 3.8) is 0 Å². The van der Waals surface area contributed by atoms with Gasteiger partial charge in [0, 0.05) is 35.4 Å². The van der Waals surface area contributed by atoms with Gasteiger partial charge in [0.25, 0.3) is 0 Å². The van der Waals surface area contributed by atoms with E-state index in [2.05, 4.69) is 4.98 Å². The number of hydrogen-bond acceptors (Lipinski definition) is 5. The second-order valence-electron chi connectivity index (χ2n) is 3.75. The number of nitrogen functional groups attached to an aromatic ring is 2. The second-order valence-corrected chi connectivity index (χ2v) is 3.75. The number of nitrogens with two attached hydrogens (primary N) is 2. The highest BCUT2D eigenvalue weighted by Crippen LogP contribution is 2.23. The van der Waals surface area contributed by atoms with Crippen LogP contribution in [0.1, 0.15) is 15.9 Å². The largest absolute Gasteiger partial charge is 0.497 e. The molecule has 0 radical (unpaired) electrons. The molecular formula is C13H13N3O2. The first kappa shape index (κ1) is 11.9. The van der Waals surface area contributed by atoms with E-state index in [1.54, 1.807) is 24.3 Å². The number of carbonyl (C=O) groups is 1. The number of hydrogen-bond donors (Lipinski definition) is 2. The van der Waals surface area contributed by atoms with E-state index in [0.717, 1.165) is 0 Å². The summed E-state index contributed by atoms with van der Waals surface area (Å²) in [6.45, 7) is 0. The molecule has 0 spiro atoms. The minimum absolute atomic E-state index is 0.249. The normalized spacial score (nSPS) is 10.1. The predicted molar refractivity (Wildman–Crippen MR) is 69.5 cm³/mol. The molecule has 0 amide bonds. The van der Waals surface area contributed by atoms with E-state index in [1.165, 1.54) is 19.5 Å². The Hall–Kier alpha value is -2.56. The molecule has 5 heteroatoms. The van der Waals surface area contributed by atoms with E-state index in [1.807, 2.05) is 0 Å². The van der Waals surface area contributed by atoms with Crippen LogP contribution in [-0.4, -0.2) is 17.9 Å². The standard InChI is InChI=1S/C13H13N3O2/c1-18-8-2-3-9(12(15)6-8)13(17)10-7-16-5-4-11(10)14/h2-7H,15H2,1H3,(H2,14,16). The first-order valence-electron chi connectivity index (χ1n) is 5.31. The van der Waals surface area contributed by atoms with Gasteiger partial charge in [-0.05, 0) is 18.2 Å². The summed E-state index contributed by atoms with van der Waals surface area (Å²) in [5.74, 6) is 0.351. The highest BCUT2D eigenvalue weighted by molar-refractivity contribution is 6.14. The third-order valence-corrected chi connectivity index (χ3v) is 2.60. The molecule has 0 aliphatic carbocycles. The van der Waals surface area contributed by atoms with Gasteiger partial charge in [-0.15, -0.1) is 0 Å². The third kappa shape index (κ3) is 2.10. The van der Waals surface area contributed by atoms with Crippen LogP contribution in [-0.2, 0) is 0 Å². The van der Waals surface area contributed by atoms with Crippen LogP contribution in [0, 0.1) is 0 Å². The Labute approximate surface area is 104 Å². The van der Waals surface area contributed by atoms with Gasteiger partial charge < -0.3 is 16.2 Å². The fourth-order valence-corrected chi connectivity index (χ4v) is 1.61. The summed E-state index contributed by atoms with van der Waals surface area (Å²) in [4.78, 5) is 16.1. The summed E-state index contributed by atoms with van der Waals surface area (Å²) in [6, 6.07) is 6.46. The molecule has 4 N–H and O–H groups in total. The van der Waals surface area contributed by atoms with E-state index in [9.17, 15) is 4.79 Å². The number of ketones is 1. The van der Waals surface area contributed by atoms with Gasteiger partial charge in [-0.2, -0.15) is 0 Å². The number of anilines is 2. The van der Waals surface area contributed by atoms with E-state index < -0.39 is 0 Å². The SMILES string of the molecule is COc1ccc(C(=O)c2cnccc2N)c(N)c1. The van der Waals surface area contributed by atoms with E-state index >= 15 is 0 Å². The molecule has 1 aromatic carbocycles. The van der Waals surface area contributed by atoms with Gasteiger partial charge in [0.05, 0.1) is 12.7 Å². The highest BCUT2D eigenvalue weighted by Gasteiger charge is 2.15. The maximum atomic E-state index is 12.2. The van der Waals surface area contributed by atoms with Crippen LogP contribution in [0.2, 0.25) is 0 Å². The summed E-state index contributed by atoms with van der Waals surface area (Å²) in [7, 11) is 1.54. The monoisotopic (exact) mass is 243 g/mol. The predicted octanol–water partition coefficient (Wildman–Crippen LogP) is 1.49. The van der Waals surface area contributed by atoms with E-state index in [4.69, 9.17) is 16.2 Å². The van der Waals surface area contributed by atoms with Crippen molar-refractivity contribution >= 4 is 17.2 Å². The van der Waals surface area contributed by atoms with Gasteiger partial charge in [0.2, 0.25) is 0 Å². The van der Waals surface area contributed by atoms with Crippen molar-refractivity contribution in [3.05, 3.63) is 47.8 Å². The highest BCUT2D eigenvalue weighted by atomic mass is 16.5. The lowest BCUT2D eigenvalue weighted by Crippen LogP contribution is -2.08. The molecule has 0 saturated carbocycles. The summed E-state index contributed by atoms with van der Waals surface area (Å²) in [5.41, 5.74) is 13.0. The van der Waals surface area contributed by atoms with Crippen LogP contribution in [0.4, 0.5) is 11.4 Å². The zero-order valence-electron chi connectivity index (χ0n) is 9.88. The molecule has 0 atom stereocenters. The topological polar surface area (TPSA) is 91.2 Å². The van der Waals surface area contributed by atoms with Gasteiger partial charge in [-0.25, -0.2) is 0 Å². The van der Waals surface area contributed by atoms with Crippen LogP contribution >= 0.6 is 0 Å². The molecule has 0 unspecified atom stereocenters. The summed E-state index contributed by atoms with van der Waals surface area (Å²) in [5, 5.41) is 0. The molecule has 0 aliphatic heterocycles. The molecule has 0 fully saturated rings. The van der Waals surface area contributed by atoms with Crippen molar-refractivity contribution in [1.29, 1.82) is 0 Å². The Bertz CT molecular complexity index is 597. The van der Waals surface area contributed by atoms with Gasteiger partial charge in [0.15, 0.2) is 5.78 Å².